The monoisotopic (exact) mass is 380 g/mol. The lowest BCUT2D eigenvalue weighted by atomic mass is 10.1. The summed E-state index contributed by atoms with van der Waals surface area (Å²) in [7, 11) is 3.36. The third-order valence-electron chi connectivity index (χ3n) is 3.96. The normalized spacial score (nSPS) is 12.2. The molecule has 0 fully saturated rings. The summed E-state index contributed by atoms with van der Waals surface area (Å²) in [5.41, 5.74) is 0. The molecule has 0 aromatic heterocycles. The molecule has 0 spiro atoms. The van der Waals surface area contributed by atoms with E-state index >= 15 is 0 Å². The summed E-state index contributed by atoms with van der Waals surface area (Å²) >= 11 is 3.66. The fourth-order valence-electron chi connectivity index (χ4n) is 2.56. The Morgan fingerprint density at radius 2 is 1.87 bits per heavy atom. The molecule has 0 aliphatic rings. The van der Waals surface area contributed by atoms with E-state index in [0.717, 1.165) is 40.9 Å². The van der Waals surface area contributed by atoms with Gasteiger partial charge in [0.25, 0.3) is 0 Å². The Balaban J connectivity index is 2.03. The Morgan fingerprint density at radius 1 is 1.04 bits per heavy atom. The van der Waals surface area contributed by atoms with E-state index in [1.165, 1.54) is 12.8 Å². The van der Waals surface area contributed by atoms with Crippen molar-refractivity contribution in [2.45, 2.75) is 37.4 Å². The van der Waals surface area contributed by atoms with Gasteiger partial charge in [-0.2, -0.15) is 0 Å². The first-order valence-electron chi connectivity index (χ1n) is 8.11. The van der Waals surface area contributed by atoms with Gasteiger partial charge in [-0.05, 0) is 55.3 Å². The minimum atomic E-state index is 0.618. The zero-order chi connectivity index (χ0) is 16.7. The number of unbranched alkanes of at least 4 members (excludes halogenated alkanes) is 1. The first kappa shape index (κ1) is 17.9. The van der Waals surface area contributed by atoms with Gasteiger partial charge in [-0.3, -0.25) is 0 Å². The van der Waals surface area contributed by atoms with Crippen LogP contribution in [0.4, 0.5) is 0 Å². The van der Waals surface area contributed by atoms with Crippen LogP contribution in [0, 0.1) is 0 Å². The van der Waals surface area contributed by atoms with Crippen molar-refractivity contribution in [2.24, 2.45) is 0 Å². The summed E-state index contributed by atoms with van der Waals surface area (Å²) < 4.78 is 16.8. The minimum absolute atomic E-state index is 0.618. The third-order valence-corrected chi connectivity index (χ3v) is 5.06. The number of alkyl halides is 1. The molecule has 23 heavy (non-hydrogen) atoms. The number of rotatable bonds is 9. The third kappa shape index (κ3) is 4.77. The van der Waals surface area contributed by atoms with Gasteiger partial charge in [0.15, 0.2) is 11.5 Å². The van der Waals surface area contributed by atoms with Gasteiger partial charge in [0.1, 0.15) is 5.75 Å². The SMILES string of the molecule is CCC(Br)CCCCOc1ccc2cc(OC)ccc2c1OC. The van der Waals surface area contributed by atoms with E-state index in [4.69, 9.17) is 14.2 Å². The van der Waals surface area contributed by atoms with Crippen molar-refractivity contribution < 1.29 is 14.2 Å². The van der Waals surface area contributed by atoms with Gasteiger partial charge in [-0.25, -0.2) is 0 Å². The van der Waals surface area contributed by atoms with Crippen molar-refractivity contribution in [3.8, 4) is 17.2 Å². The molecule has 1 unspecified atom stereocenters. The fourth-order valence-corrected chi connectivity index (χ4v) is 2.89. The Bertz CT molecular complexity index is 627. The van der Waals surface area contributed by atoms with Crippen LogP contribution in [0.25, 0.3) is 10.8 Å². The first-order valence-corrected chi connectivity index (χ1v) is 9.02. The highest BCUT2D eigenvalue weighted by Gasteiger charge is 2.10. The maximum Gasteiger partial charge on any atom is 0.168 e. The van der Waals surface area contributed by atoms with Crippen molar-refractivity contribution in [1.82, 2.24) is 0 Å². The molecule has 1 atom stereocenters. The van der Waals surface area contributed by atoms with Gasteiger partial charge in [-0.15, -0.1) is 0 Å². The van der Waals surface area contributed by atoms with E-state index in [0.29, 0.717) is 11.4 Å². The molecule has 4 heteroatoms. The van der Waals surface area contributed by atoms with Crippen LogP contribution < -0.4 is 14.2 Å². The average molecular weight is 381 g/mol. The second-order valence-electron chi connectivity index (χ2n) is 5.53. The van der Waals surface area contributed by atoms with E-state index in [1.54, 1.807) is 14.2 Å². The van der Waals surface area contributed by atoms with Gasteiger partial charge < -0.3 is 14.2 Å². The van der Waals surface area contributed by atoms with Crippen LogP contribution in [0.1, 0.15) is 32.6 Å². The van der Waals surface area contributed by atoms with Crippen LogP contribution in [0.3, 0.4) is 0 Å². The van der Waals surface area contributed by atoms with E-state index in [1.807, 2.05) is 30.3 Å². The molecule has 126 valence electrons. The van der Waals surface area contributed by atoms with Crippen molar-refractivity contribution in [2.75, 3.05) is 20.8 Å². The topological polar surface area (TPSA) is 27.7 Å². The van der Waals surface area contributed by atoms with Gasteiger partial charge >= 0.3 is 0 Å². The molecule has 0 amide bonds. The summed E-state index contributed by atoms with van der Waals surface area (Å²) in [5.74, 6) is 2.43. The molecular weight excluding hydrogens is 356 g/mol. The lowest BCUT2D eigenvalue weighted by Gasteiger charge is -2.14. The largest absolute Gasteiger partial charge is 0.497 e. The van der Waals surface area contributed by atoms with E-state index in [2.05, 4.69) is 22.9 Å². The van der Waals surface area contributed by atoms with E-state index in [-0.39, 0.29) is 0 Å². The Hall–Kier alpha value is -1.42. The van der Waals surface area contributed by atoms with Crippen LogP contribution in [0.15, 0.2) is 30.3 Å². The van der Waals surface area contributed by atoms with Crippen molar-refractivity contribution in [1.29, 1.82) is 0 Å². The summed E-state index contributed by atoms with van der Waals surface area (Å²) in [5, 5.41) is 2.12. The van der Waals surface area contributed by atoms with Gasteiger partial charge in [-0.1, -0.05) is 28.9 Å². The number of hydrogen-bond donors (Lipinski definition) is 0. The standard InChI is InChI=1S/C19H25BrO3/c1-4-15(20)7-5-6-12-23-18-11-8-14-13-16(21-2)9-10-17(14)19(18)22-3/h8-11,13,15H,4-7,12H2,1-3H3. The summed E-state index contributed by atoms with van der Waals surface area (Å²) in [6.07, 6.45) is 4.57. The number of fused-ring (bicyclic) bond motifs is 1. The molecule has 3 nitrogen and oxygen atoms in total. The van der Waals surface area contributed by atoms with Crippen molar-refractivity contribution in [3.63, 3.8) is 0 Å². The van der Waals surface area contributed by atoms with Gasteiger partial charge in [0, 0.05) is 10.2 Å². The van der Waals surface area contributed by atoms with Crippen LogP contribution >= 0.6 is 15.9 Å². The van der Waals surface area contributed by atoms with Crippen LogP contribution in [0.5, 0.6) is 17.2 Å². The Morgan fingerprint density at radius 3 is 2.57 bits per heavy atom. The molecule has 0 radical (unpaired) electrons. The van der Waals surface area contributed by atoms with Crippen LogP contribution in [-0.4, -0.2) is 25.7 Å². The quantitative estimate of drug-likeness (QED) is 0.419. The zero-order valence-corrected chi connectivity index (χ0v) is 15.7. The molecule has 0 saturated carbocycles. The summed E-state index contributed by atoms with van der Waals surface area (Å²) in [6.45, 7) is 2.91. The van der Waals surface area contributed by atoms with Gasteiger partial charge in [0.05, 0.1) is 20.8 Å². The first-order chi connectivity index (χ1) is 11.2. The maximum absolute atomic E-state index is 5.94. The minimum Gasteiger partial charge on any atom is -0.497 e. The lowest BCUT2D eigenvalue weighted by Crippen LogP contribution is -2.02. The summed E-state index contributed by atoms with van der Waals surface area (Å²) in [6, 6.07) is 9.97. The summed E-state index contributed by atoms with van der Waals surface area (Å²) in [4.78, 5) is 0.618. The number of methoxy groups -OCH3 is 2. The molecule has 2 rings (SSSR count). The average Bonchev–Trinajstić information content (AvgIpc) is 2.60. The van der Waals surface area contributed by atoms with Crippen molar-refractivity contribution >= 4 is 26.7 Å². The van der Waals surface area contributed by atoms with Gasteiger partial charge in [0.2, 0.25) is 0 Å². The number of hydrogen-bond acceptors (Lipinski definition) is 3. The second-order valence-corrected chi connectivity index (χ2v) is 6.83. The van der Waals surface area contributed by atoms with E-state index in [9.17, 15) is 0 Å². The zero-order valence-electron chi connectivity index (χ0n) is 14.1. The molecule has 0 N–H and O–H groups in total. The Kier molecular flexibility index (Phi) is 7.03. The van der Waals surface area contributed by atoms with Crippen molar-refractivity contribution in [3.05, 3.63) is 30.3 Å². The number of halogens is 1. The molecule has 0 heterocycles. The molecule has 0 saturated heterocycles. The molecule has 2 aromatic carbocycles. The highest BCUT2D eigenvalue weighted by molar-refractivity contribution is 9.09. The maximum atomic E-state index is 5.94. The lowest BCUT2D eigenvalue weighted by molar-refractivity contribution is 0.286. The van der Waals surface area contributed by atoms with E-state index < -0.39 is 0 Å². The number of benzene rings is 2. The predicted octanol–water partition coefficient (Wildman–Crippen LogP) is 5.58. The second kappa shape index (κ2) is 9.02. The highest BCUT2D eigenvalue weighted by Crippen LogP contribution is 2.37. The molecule has 0 bridgehead atoms. The highest BCUT2D eigenvalue weighted by atomic mass is 79.9. The molecule has 0 aliphatic heterocycles. The Labute approximate surface area is 147 Å². The molecule has 2 aromatic rings. The van der Waals surface area contributed by atoms with Crippen LogP contribution in [0.2, 0.25) is 0 Å². The fraction of sp³-hybridized carbons (Fsp3) is 0.474. The predicted molar refractivity (Wildman–Crippen MR) is 99.4 cm³/mol. The smallest absolute Gasteiger partial charge is 0.168 e. The number of ether oxygens (including phenoxy) is 3. The molecular formula is C19H25BrO3. The molecule has 0 aliphatic carbocycles. The van der Waals surface area contributed by atoms with Crippen LogP contribution in [-0.2, 0) is 0 Å².